The summed E-state index contributed by atoms with van der Waals surface area (Å²) in [5.41, 5.74) is 3.55. The predicted molar refractivity (Wildman–Crippen MR) is 107 cm³/mol. The molecule has 0 aliphatic carbocycles. The Labute approximate surface area is 166 Å². The van der Waals surface area contributed by atoms with Crippen LogP contribution in [0, 0.1) is 0 Å². The monoisotopic (exact) mass is 393 g/mol. The molecule has 8 heteroatoms. The van der Waals surface area contributed by atoms with Crippen LogP contribution >= 0.6 is 11.3 Å². The third kappa shape index (κ3) is 3.86. The molecule has 28 heavy (non-hydrogen) atoms. The smallest absolute Gasteiger partial charge is 0.220 e. The van der Waals surface area contributed by atoms with Crippen molar-refractivity contribution in [2.45, 2.75) is 19.4 Å². The fourth-order valence-electron chi connectivity index (χ4n) is 2.93. The third-order valence-electron chi connectivity index (χ3n) is 4.40. The Morgan fingerprint density at radius 3 is 2.89 bits per heavy atom. The lowest BCUT2D eigenvalue weighted by Gasteiger charge is -2.08. The molecule has 1 amide bonds. The second kappa shape index (κ2) is 8.18. The van der Waals surface area contributed by atoms with Gasteiger partial charge in [0.15, 0.2) is 11.5 Å². The Balaban J connectivity index is 1.41. The summed E-state index contributed by atoms with van der Waals surface area (Å²) < 4.78 is 7.00. The van der Waals surface area contributed by atoms with Crippen molar-refractivity contribution in [3.05, 3.63) is 64.6 Å². The van der Waals surface area contributed by atoms with Crippen LogP contribution in [0.15, 0.2) is 53.2 Å². The van der Waals surface area contributed by atoms with E-state index in [1.165, 1.54) is 0 Å². The summed E-state index contributed by atoms with van der Waals surface area (Å²) >= 11 is 1.62. The molecule has 0 spiro atoms. The number of nitrogens with zero attached hydrogens (tertiary/aromatic N) is 4. The summed E-state index contributed by atoms with van der Waals surface area (Å²) in [6.07, 6.45) is 0.974. The van der Waals surface area contributed by atoms with Crippen molar-refractivity contribution in [2.24, 2.45) is 0 Å². The number of thiophene rings is 1. The average Bonchev–Trinajstić information content (AvgIpc) is 3.40. The van der Waals surface area contributed by atoms with Gasteiger partial charge >= 0.3 is 0 Å². The summed E-state index contributed by atoms with van der Waals surface area (Å²) in [5.74, 6) is 1.33. The van der Waals surface area contributed by atoms with Crippen LogP contribution in [0.5, 0.6) is 5.75 Å². The molecule has 0 bridgehead atoms. The number of carbonyl (C=O) groups excluding carboxylic acids is 1. The van der Waals surface area contributed by atoms with Gasteiger partial charge in [-0.05, 0) is 41.6 Å². The maximum absolute atomic E-state index is 12.3. The van der Waals surface area contributed by atoms with Crippen LogP contribution in [0.1, 0.15) is 17.8 Å². The molecule has 0 fully saturated rings. The van der Waals surface area contributed by atoms with Gasteiger partial charge in [0.05, 0.1) is 19.3 Å². The molecule has 3 aromatic heterocycles. The maximum atomic E-state index is 12.3. The topological polar surface area (TPSA) is 81.4 Å². The summed E-state index contributed by atoms with van der Waals surface area (Å²) in [6.45, 7) is 0.270. The van der Waals surface area contributed by atoms with Crippen molar-refractivity contribution < 1.29 is 9.53 Å². The molecule has 0 aliphatic rings. The molecular formula is C20H19N5O2S. The van der Waals surface area contributed by atoms with Crippen LogP contribution in [-0.4, -0.2) is 32.8 Å². The number of fused-ring (bicyclic) bond motifs is 1. The van der Waals surface area contributed by atoms with Crippen molar-refractivity contribution in [1.29, 1.82) is 0 Å². The van der Waals surface area contributed by atoms with Gasteiger partial charge in [0, 0.05) is 17.4 Å². The maximum Gasteiger partial charge on any atom is 0.220 e. The number of benzene rings is 1. The molecule has 0 aliphatic heterocycles. The van der Waals surface area contributed by atoms with Gasteiger partial charge in [-0.2, -0.15) is 21.0 Å². The minimum Gasteiger partial charge on any atom is -0.496 e. The lowest BCUT2D eigenvalue weighted by molar-refractivity contribution is -0.121. The average molecular weight is 393 g/mol. The molecule has 0 unspecified atom stereocenters. The van der Waals surface area contributed by atoms with Crippen molar-refractivity contribution in [2.75, 3.05) is 7.11 Å². The third-order valence-corrected chi connectivity index (χ3v) is 5.09. The summed E-state index contributed by atoms with van der Waals surface area (Å²) in [6, 6.07) is 13.5. The van der Waals surface area contributed by atoms with Gasteiger partial charge in [-0.15, -0.1) is 10.2 Å². The van der Waals surface area contributed by atoms with Gasteiger partial charge in [-0.1, -0.05) is 18.2 Å². The zero-order valence-corrected chi connectivity index (χ0v) is 16.1. The van der Waals surface area contributed by atoms with Gasteiger partial charge in [0.25, 0.3) is 0 Å². The van der Waals surface area contributed by atoms with E-state index in [4.69, 9.17) is 4.74 Å². The lowest BCUT2D eigenvalue weighted by atomic mass is 10.1. The number of rotatable bonds is 7. The summed E-state index contributed by atoms with van der Waals surface area (Å²) in [4.78, 5) is 12.3. The first kappa shape index (κ1) is 18.1. The highest BCUT2D eigenvalue weighted by Crippen LogP contribution is 2.20. The van der Waals surface area contributed by atoms with E-state index in [2.05, 4.69) is 20.6 Å². The predicted octanol–water partition coefficient (Wildman–Crippen LogP) is 3.11. The Bertz CT molecular complexity index is 1090. The van der Waals surface area contributed by atoms with Crippen molar-refractivity contribution in [1.82, 2.24) is 25.1 Å². The Kier molecular flexibility index (Phi) is 5.29. The largest absolute Gasteiger partial charge is 0.496 e. The van der Waals surface area contributed by atoms with E-state index < -0.39 is 0 Å². The molecule has 4 aromatic rings. The first-order valence-corrected chi connectivity index (χ1v) is 9.81. The van der Waals surface area contributed by atoms with E-state index >= 15 is 0 Å². The number of amides is 1. The van der Waals surface area contributed by atoms with Crippen LogP contribution in [0.4, 0.5) is 0 Å². The highest BCUT2D eigenvalue weighted by atomic mass is 32.1. The summed E-state index contributed by atoms with van der Waals surface area (Å²) in [7, 11) is 1.63. The quantitative estimate of drug-likeness (QED) is 0.522. The fourth-order valence-corrected chi connectivity index (χ4v) is 3.58. The minimum absolute atomic E-state index is 0.0587. The Morgan fingerprint density at radius 1 is 1.18 bits per heavy atom. The second-order valence-corrected chi connectivity index (χ2v) is 6.99. The van der Waals surface area contributed by atoms with E-state index in [0.717, 1.165) is 22.6 Å². The van der Waals surface area contributed by atoms with Crippen LogP contribution in [0.2, 0.25) is 0 Å². The number of carbonyl (C=O) groups is 1. The van der Waals surface area contributed by atoms with E-state index in [1.807, 2.05) is 53.2 Å². The molecule has 1 aromatic carbocycles. The van der Waals surface area contributed by atoms with E-state index in [9.17, 15) is 4.79 Å². The Morgan fingerprint density at radius 2 is 2.07 bits per heavy atom. The molecule has 0 saturated heterocycles. The first-order chi connectivity index (χ1) is 13.7. The normalized spacial score (nSPS) is 10.9. The van der Waals surface area contributed by atoms with E-state index in [1.54, 1.807) is 23.0 Å². The van der Waals surface area contributed by atoms with Gasteiger partial charge in [-0.3, -0.25) is 4.79 Å². The van der Waals surface area contributed by atoms with Gasteiger partial charge in [-0.25, -0.2) is 0 Å². The number of aromatic nitrogens is 4. The second-order valence-electron chi connectivity index (χ2n) is 6.21. The standard InChI is InChI=1S/C20H19N5O2S/c1-27-17-5-3-2-4-14(17)6-9-20(26)21-12-19-23-22-18-8-7-16(24-25(18)19)15-10-11-28-13-15/h2-5,7-8,10-11,13H,6,9,12H2,1H3,(H,21,26). The molecule has 142 valence electrons. The number of para-hydroxylation sites is 1. The molecule has 0 atom stereocenters. The highest BCUT2D eigenvalue weighted by molar-refractivity contribution is 7.08. The number of hydrogen-bond donors (Lipinski definition) is 1. The number of methoxy groups -OCH3 is 1. The van der Waals surface area contributed by atoms with Crippen molar-refractivity contribution in [3.8, 4) is 17.0 Å². The SMILES string of the molecule is COc1ccccc1CCC(=O)NCc1nnc2ccc(-c3ccsc3)nn12. The van der Waals surface area contributed by atoms with Crippen LogP contribution < -0.4 is 10.1 Å². The molecule has 7 nitrogen and oxygen atoms in total. The van der Waals surface area contributed by atoms with Gasteiger partial charge in [0.1, 0.15) is 5.75 Å². The van der Waals surface area contributed by atoms with Crippen LogP contribution in [0.25, 0.3) is 16.9 Å². The summed E-state index contributed by atoms with van der Waals surface area (Å²) in [5, 5.41) is 19.8. The molecule has 1 N–H and O–H groups in total. The number of ether oxygens (including phenoxy) is 1. The highest BCUT2D eigenvalue weighted by Gasteiger charge is 2.11. The van der Waals surface area contributed by atoms with Crippen molar-refractivity contribution in [3.63, 3.8) is 0 Å². The lowest BCUT2D eigenvalue weighted by Crippen LogP contribution is -2.24. The van der Waals surface area contributed by atoms with Crippen LogP contribution in [0.3, 0.4) is 0 Å². The molecule has 0 saturated carbocycles. The van der Waals surface area contributed by atoms with E-state index in [0.29, 0.717) is 24.3 Å². The fraction of sp³-hybridized carbons (Fsp3) is 0.200. The molecule has 4 rings (SSSR count). The van der Waals surface area contributed by atoms with E-state index in [-0.39, 0.29) is 12.5 Å². The zero-order valence-electron chi connectivity index (χ0n) is 15.3. The molecular weight excluding hydrogens is 374 g/mol. The molecule has 3 heterocycles. The Hall–Kier alpha value is -3.26. The van der Waals surface area contributed by atoms with Crippen LogP contribution in [-0.2, 0) is 17.8 Å². The first-order valence-electron chi connectivity index (χ1n) is 8.87. The number of hydrogen-bond acceptors (Lipinski definition) is 6. The van der Waals surface area contributed by atoms with Gasteiger partial charge < -0.3 is 10.1 Å². The minimum atomic E-state index is -0.0587. The van der Waals surface area contributed by atoms with Crippen molar-refractivity contribution >= 4 is 22.9 Å². The van der Waals surface area contributed by atoms with Gasteiger partial charge in [0.2, 0.25) is 5.91 Å². The number of aryl methyl sites for hydroxylation is 1. The molecule has 0 radical (unpaired) electrons. The zero-order chi connectivity index (χ0) is 19.3. The number of nitrogens with one attached hydrogen (secondary N) is 1.